The SMILES string of the molecule is CC1CC(NC(=O)C2CSCN2)CN1Cc1ccccc1.Cl.Cl. The van der Waals surface area contributed by atoms with Crippen LogP contribution in [-0.4, -0.2) is 47.1 Å². The molecule has 0 aliphatic carbocycles. The Hall–Kier alpha value is -0.460. The quantitative estimate of drug-likeness (QED) is 0.844. The van der Waals surface area contributed by atoms with Crippen molar-refractivity contribution in [2.45, 2.75) is 38.0 Å². The molecular formula is C16H25Cl2N3OS. The van der Waals surface area contributed by atoms with Gasteiger partial charge in [0.25, 0.3) is 0 Å². The molecule has 7 heteroatoms. The first kappa shape index (κ1) is 20.6. The van der Waals surface area contributed by atoms with E-state index in [0.717, 1.165) is 31.1 Å². The van der Waals surface area contributed by atoms with E-state index in [4.69, 9.17) is 0 Å². The van der Waals surface area contributed by atoms with Crippen molar-refractivity contribution in [3.05, 3.63) is 35.9 Å². The van der Waals surface area contributed by atoms with Gasteiger partial charge in [-0.25, -0.2) is 0 Å². The van der Waals surface area contributed by atoms with Crippen LogP contribution in [0.4, 0.5) is 0 Å². The highest BCUT2D eigenvalue weighted by Gasteiger charge is 2.32. The summed E-state index contributed by atoms with van der Waals surface area (Å²) >= 11 is 1.79. The van der Waals surface area contributed by atoms with Crippen LogP contribution in [0.25, 0.3) is 0 Å². The van der Waals surface area contributed by atoms with Crippen LogP contribution >= 0.6 is 36.6 Å². The number of likely N-dealkylation sites (tertiary alicyclic amines) is 1. The van der Waals surface area contributed by atoms with Crippen LogP contribution < -0.4 is 10.6 Å². The van der Waals surface area contributed by atoms with Gasteiger partial charge in [-0.1, -0.05) is 30.3 Å². The van der Waals surface area contributed by atoms with Crippen molar-refractivity contribution >= 4 is 42.5 Å². The van der Waals surface area contributed by atoms with Gasteiger partial charge < -0.3 is 5.32 Å². The average molecular weight is 378 g/mol. The zero-order valence-electron chi connectivity index (χ0n) is 13.2. The summed E-state index contributed by atoms with van der Waals surface area (Å²) in [6, 6.07) is 11.3. The zero-order chi connectivity index (χ0) is 14.7. The molecule has 2 heterocycles. The summed E-state index contributed by atoms with van der Waals surface area (Å²) < 4.78 is 0. The molecule has 3 unspecified atom stereocenters. The minimum atomic E-state index is -0.00604. The van der Waals surface area contributed by atoms with Gasteiger partial charge in [0.05, 0.1) is 6.04 Å². The standard InChI is InChI=1S/C16H23N3OS.2ClH/c1-12-7-14(18-16(20)15-10-21-11-17-15)9-19(12)8-13-5-3-2-4-6-13;;/h2-6,12,14-15,17H,7-11H2,1H3,(H,18,20);2*1H. The van der Waals surface area contributed by atoms with Gasteiger partial charge in [0.2, 0.25) is 5.91 Å². The molecule has 0 saturated carbocycles. The first-order valence-corrected chi connectivity index (χ1v) is 8.77. The third-order valence-corrected chi connectivity index (χ3v) is 5.25. The fraction of sp³-hybridized carbons (Fsp3) is 0.562. The Balaban J connectivity index is 0.00000132. The fourth-order valence-electron chi connectivity index (χ4n) is 3.11. The zero-order valence-corrected chi connectivity index (χ0v) is 15.7. The number of benzene rings is 1. The number of nitrogens with zero attached hydrogens (tertiary/aromatic N) is 1. The molecule has 0 radical (unpaired) electrons. The van der Waals surface area contributed by atoms with Crippen LogP contribution in [-0.2, 0) is 11.3 Å². The summed E-state index contributed by atoms with van der Waals surface area (Å²) in [7, 11) is 0. The van der Waals surface area contributed by atoms with Gasteiger partial charge in [-0.2, -0.15) is 0 Å². The number of hydrogen-bond acceptors (Lipinski definition) is 4. The Labute approximate surface area is 155 Å². The highest BCUT2D eigenvalue weighted by Crippen LogP contribution is 2.20. The van der Waals surface area contributed by atoms with E-state index in [1.54, 1.807) is 11.8 Å². The molecule has 2 N–H and O–H groups in total. The second-order valence-corrected chi connectivity index (χ2v) is 7.01. The minimum Gasteiger partial charge on any atom is -0.351 e. The van der Waals surface area contributed by atoms with Gasteiger partial charge in [-0.15, -0.1) is 36.6 Å². The van der Waals surface area contributed by atoms with E-state index >= 15 is 0 Å². The van der Waals surface area contributed by atoms with Crippen molar-refractivity contribution in [3.63, 3.8) is 0 Å². The van der Waals surface area contributed by atoms with E-state index in [-0.39, 0.29) is 42.8 Å². The van der Waals surface area contributed by atoms with E-state index in [9.17, 15) is 4.79 Å². The summed E-state index contributed by atoms with van der Waals surface area (Å²) in [5.74, 6) is 1.94. The van der Waals surface area contributed by atoms with Crippen molar-refractivity contribution in [2.24, 2.45) is 0 Å². The highest BCUT2D eigenvalue weighted by atomic mass is 35.5. The van der Waals surface area contributed by atoms with Gasteiger partial charge in [0.1, 0.15) is 0 Å². The third kappa shape index (κ3) is 5.54. The molecule has 3 rings (SSSR count). The number of halogens is 2. The minimum absolute atomic E-state index is 0. The van der Waals surface area contributed by atoms with Crippen LogP contribution in [0.15, 0.2) is 30.3 Å². The van der Waals surface area contributed by atoms with Gasteiger partial charge in [0.15, 0.2) is 0 Å². The molecule has 1 aromatic carbocycles. The Morgan fingerprint density at radius 2 is 2.09 bits per heavy atom. The van der Waals surface area contributed by atoms with Gasteiger partial charge in [-0.05, 0) is 18.9 Å². The molecule has 2 saturated heterocycles. The molecule has 3 atom stereocenters. The molecule has 2 aliphatic rings. The Morgan fingerprint density at radius 3 is 2.74 bits per heavy atom. The number of thioether (sulfide) groups is 1. The predicted molar refractivity (Wildman–Crippen MR) is 102 cm³/mol. The van der Waals surface area contributed by atoms with E-state index < -0.39 is 0 Å². The largest absolute Gasteiger partial charge is 0.351 e. The number of amides is 1. The number of hydrogen-bond donors (Lipinski definition) is 2. The molecule has 1 aromatic rings. The molecule has 4 nitrogen and oxygen atoms in total. The molecule has 0 aromatic heterocycles. The molecule has 0 bridgehead atoms. The molecule has 130 valence electrons. The van der Waals surface area contributed by atoms with E-state index in [1.807, 2.05) is 6.07 Å². The summed E-state index contributed by atoms with van der Waals surface area (Å²) in [5, 5.41) is 6.44. The lowest BCUT2D eigenvalue weighted by Gasteiger charge is -2.21. The topological polar surface area (TPSA) is 44.4 Å². The summed E-state index contributed by atoms with van der Waals surface area (Å²) in [4.78, 5) is 14.6. The number of carbonyl (C=O) groups excluding carboxylic acids is 1. The number of rotatable bonds is 4. The molecule has 1 amide bonds. The van der Waals surface area contributed by atoms with Crippen molar-refractivity contribution in [1.82, 2.24) is 15.5 Å². The van der Waals surface area contributed by atoms with Crippen LogP contribution in [0, 0.1) is 0 Å². The average Bonchev–Trinajstić information content (AvgIpc) is 3.11. The summed E-state index contributed by atoms with van der Waals surface area (Å²) in [5.41, 5.74) is 1.34. The monoisotopic (exact) mass is 377 g/mol. The lowest BCUT2D eigenvalue weighted by Crippen LogP contribution is -2.47. The lowest BCUT2D eigenvalue weighted by atomic mass is 10.1. The Bertz CT molecular complexity index is 485. The first-order valence-electron chi connectivity index (χ1n) is 7.62. The van der Waals surface area contributed by atoms with Crippen LogP contribution in [0.1, 0.15) is 18.9 Å². The van der Waals surface area contributed by atoms with Crippen molar-refractivity contribution in [1.29, 1.82) is 0 Å². The van der Waals surface area contributed by atoms with E-state index in [2.05, 4.69) is 46.7 Å². The Morgan fingerprint density at radius 1 is 1.35 bits per heavy atom. The third-order valence-electron chi connectivity index (χ3n) is 4.31. The second-order valence-electron chi connectivity index (χ2n) is 5.98. The normalized spacial score (nSPS) is 27.1. The first-order chi connectivity index (χ1) is 10.2. The molecule has 0 spiro atoms. The predicted octanol–water partition coefficient (Wildman–Crippen LogP) is 2.27. The van der Waals surface area contributed by atoms with E-state index in [1.165, 1.54) is 5.56 Å². The maximum absolute atomic E-state index is 12.2. The highest BCUT2D eigenvalue weighted by molar-refractivity contribution is 7.99. The lowest BCUT2D eigenvalue weighted by molar-refractivity contribution is -0.123. The van der Waals surface area contributed by atoms with Crippen molar-refractivity contribution in [3.8, 4) is 0 Å². The van der Waals surface area contributed by atoms with Gasteiger partial charge >= 0.3 is 0 Å². The van der Waals surface area contributed by atoms with Crippen LogP contribution in [0.3, 0.4) is 0 Å². The number of carbonyl (C=O) groups is 1. The fourth-order valence-corrected chi connectivity index (χ4v) is 4.05. The van der Waals surface area contributed by atoms with Crippen molar-refractivity contribution in [2.75, 3.05) is 18.2 Å². The maximum atomic E-state index is 12.2. The smallest absolute Gasteiger partial charge is 0.238 e. The van der Waals surface area contributed by atoms with E-state index in [0.29, 0.717) is 6.04 Å². The van der Waals surface area contributed by atoms with Gasteiger partial charge in [0, 0.05) is 36.8 Å². The summed E-state index contributed by atoms with van der Waals surface area (Å²) in [6.07, 6.45) is 1.04. The maximum Gasteiger partial charge on any atom is 0.238 e. The van der Waals surface area contributed by atoms with Crippen molar-refractivity contribution < 1.29 is 4.79 Å². The molecular weight excluding hydrogens is 353 g/mol. The van der Waals surface area contributed by atoms with Gasteiger partial charge in [-0.3, -0.25) is 15.0 Å². The second kappa shape index (κ2) is 9.74. The Kier molecular flexibility index (Phi) is 8.72. The summed E-state index contributed by atoms with van der Waals surface area (Å²) in [6.45, 7) is 4.16. The molecule has 2 aliphatic heterocycles. The van der Waals surface area contributed by atoms with Crippen LogP contribution in [0.5, 0.6) is 0 Å². The van der Waals surface area contributed by atoms with Crippen LogP contribution in [0.2, 0.25) is 0 Å². The molecule has 23 heavy (non-hydrogen) atoms. The molecule has 2 fully saturated rings. The number of nitrogens with one attached hydrogen (secondary N) is 2.